The van der Waals surface area contributed by atoms with Crippen LogP contribution in [0.2, 0.25) is 0 Å². The molecule has 108 valence electrons. The fraction of sp³-hybridized carbons (Fsp3) is 0.500. The van der Waals surface area contributed by atoms with E-state index in [2.05, 4.69) is 15.3 Å². The Morgan fingerprint density at radius 2 is 2.10 bits per heavy atom. The Balaban J connectivity index is 2.39. The summed E-state index contributed by atoms with van der Waals surface area (Å²) in [7, 11) is 0. The van der Waals surface area contributed by atoms with E-state index in [0.717, 1.165) is 15.8 Å². The summed E-state index contributed by atoms with van der Waals surface area (Å²) in [5, 5.41) is 13.3. The van der Waals surface area contributed by atoms with Crippen LogP contribution in [0.3, 0.4) is 0 Å². The first-order valence-corrected chi connectivity index (χ1v) is 7.41. The molecule has 6 heteroatoms. The van der Waals surface area contributed by atoms with Crippen LogP contribution in [0.25, 0.3) is 10.2 Å². The Bertz CT molecular complexity index is 637. The Hall–Kier alpha value is -1.69. The van der Waals surface area contributed by atoms with Gasteiger partial charge in [-0.15, -0.1) is 11.3 Å². The van der Waals surface area contributed by atoms with Crippen molar-refractivity contribution in [1.29, 1.82) is 0 Å². The van der Waals surface area contributed by atoms with E-state index in [1.807, 2.05) is 27.7 Å². The summed E-state index contributed by atoms with van der Waals surface area (Å²) in [5.41, 5.74) is 1.11. The van der Waals surface area contributed by atoms with Gasteiger partial charge in [0.05, 0.1) is 5.39 Å². The van der Waals surface area contributed by atoms with Crippen molar-refractivity contribution in [1.82, 2.24) is 9.97 Å². The number of thiophene rings is 1. The number of carbonyl (C=O) groups is 1. The second-order valence-electron chi connectivity index (χ2n) is 5.35. The maximum atomic E-state index is 11.4. The Kier molecular flexibility index (Phi) is 4.23. The van der Waals surface area contributed by atoms with Crippen LogP contribution in [-0.2, 0) is 4.79 Å². The number of nitrogens with one attached hydrogen (secondary N) is 1. The lowest BCUT2D eigenvalue weighted by Gasteiger charge is -2.17. The zero-order chi connectivity index (χ0) is 14.9. The Morgan fingerprint density at radius 1 is 1.40 bits per heavy atom. The molecular formula is C14H19N3O2S. The van der Waals surface area contributed by atoms with Gasteiger partial charge in [0, 0.05) is 4.88 Å². The standard InChI is InChI=1S/C14H19N3O2S/c1-7(2)5-10(14(18)19)17-12-11-8(3)9(4)20-13(11)16-6-15-12/h6-7,10H,5H2,1-4H3,(H,18,19)(H,15,16,17). The summed E-state index contributed by atoms with van der Waals surface area (Å²) < 4.78 is 0. The molecule has 5 nitrogen and oxygen atoms in total. The van der Waals surface area contributed by atoms with E-state index in [1.54, 1.807) is 11.3 Å². The monoisotopic (exact) mass is 293 g/mol. The van der Waals surface area contributed by atoms with Crippen LogP contribution >= 0.6 is 11.3 Å². The van der Waals surface area contributed by atoms with Gasteiger partial charge in [0.2, 0.25) is 0 Å². The molecule has 0 aromatic carbocycles. The van der Waals surface area contributed by atoms with Gasteiger partial charge in [0.25, 0.3) is 0 Å². The van der Waals surface area contributed by atoms with Crippen molar-refractivity contribution in [3.63, 3.8) is 0 Å². The molecule has 0 aliphatic rings. The summed E-state index contributed by atoms with van der Waals surface area (Å²) >= 11 is 1.60. The molecule has 1 atom stereocenters. The molecule has 0 aliphatic carbocycles. The number of hydrogen-bond donors (Lipinski definition) is 2. The zero-order valence-corrected chi connectivity index (χ0v) is 12.9. The van der Waals surface area contributed by atoms with Crippen molar-refractivity contribution in [2.24, 2.45) is 5.92 Å². The summed E-state index contributed by atoms with van der Waals surface area (Å²) in [6, 6.07) is -0.632. The molecule has 1 unspecified atom stereocenters. The van der Waals surface area contributed by atoms with Gasteiger partial charge in [0.15, 0.2) is 0 Å². The van der Waals surface area contributed by atoms with E-state index in [9.17, 15) is 9.90 Å². The largest absolute Gasteiger partial charge is 0.480 e. The van der Waals surface area contributed by atoms with Gasteiger partial charge in [-0.3, -0.25) is 0 Å². The first-order chi connectivity index (χ1) is 9.40. The molecule has 0 saturated carbocycles. The third kappa shape index (κ3) is 2.90. The van der Waals surface area contributed by atoms with E-state index in [-0.39, 0.29) is 0 Å². The number of aliphatic carboxylic acids is 1. The highest BCUT2D eigenvalue weighted by molar-refractivity contribution is 7.18. The molecule has 0 bridgehead atoms. The zero-order valence-electron chi connectivity index (χ0n) is 12.1. The maximum absolute atomic E-state index is 11.4. The van der Waals surface area contributed by atoms with Gasteiger partial charge in [-0.1, -0.05) is 13.8 Å². The van der Waals surface area contributed by atoms with Crippen molar-refractivity contribution < 1.29 is 9.90 Å². The minimum Gasteiger partial charge on any atom is -0.480 e. The number of carboxylic acids is 1. The maximum Gasteiger partial charge on any atom is 0.326 e. The lowest BCUT2D eigenvalue weighted by molar-refractivity contribution is -0.138. The third-order valence-electron chi connectivity index (χ3n) is 3.28. The summed E-state index contributed by atoms with van der Waals surface area (Å²) in [4.78, 5) is 21.9. The predicted molar refractivity (Wildman–Crippen MR) is 81.4 cm³/mol. The molecule has 2 N–H and O–H groups in total. The molecule has 0 aliphatic heterocycles. The number of fused-ring (bicyclic) bond motifs is 1. The second-order valence-corrected chi connectivity index (χ2v) is 6.55. The highest BCUT2D eigenvalue weighted by atomic mass is 32.1. The number of anilines is 1. The molecule has 0 spiro atoms. The molecule has 0 radical (unpaired) electrons. The van der Waals surface area contributed by atoms with E-state index in [0.29, 0.717) is 18.2 Å². The van der Waals surface area contributed by atoms with Crippen molar-refractivity contribution in [2.45, 2.75) is 40.2 Å². The van der Waals surface area contributed by atoms with Crippen LogP contribution in [0, 0.1) is 19.8 Å². The molecule has 0 amide bonds. The molecular weight excluding hydrogens is 274 g/mol. The van der Waals surface area contributed by atoms with E-state index >= 15 is 0 Å². The van der Waals surface area contributed by atoms with Crippen molar-refractivity contribution in [3.05, 3.63) is 16.8 Å². The Labute approximate surface area is 122 Å². The fourth-order valence-electron chi connectivity index (χ4n) is 2.15. The topological polar surface area (TPSA) is 75.1 Å². The highest BCUT2D eigenvalue weighted by Gasteiger charge is 2.21. The van der Waals surface area contributed by atoms with Gasteiger partial charge in [0.1, 0.15) is 23.0 Å². The van der Waals surface area contributed by atoms with Gasteiger partial charge in [-0.2, -0.15) is 0 Å². The SMILES string of the molecule is Cc1sc2ncnc(NC(CC(C)C)C(=O)O)c2c1C. The van der Waals surface area contributed by atoms with Crippen LogP contribution in [0.15, 0.2) is 6.33 Å². The normalized spacial score (nSPS) is 12.8. The first kappa shape index (κ1) is 14.7. The first-order valence-electron chi connectivity index (χ1n) is 6.60. The second kappa shape index (κ2) is 5.75. The number of hydrogen-bond acceptors (Lipinski definition) is 5. The highest BCUT2D eigenvalue weighted by Crippen LogP contribution is 2.32. The van der Waals surface area contributed by atoms with Gasteiger partial charge < -0.3 is 10.4 Å². The Morgan fingerprint density at radius 3 is 2.70 bits per heavy atom. The number of nitrogens with zero attached hydrogens (tertiary/aromatic N) is 2. The van der Waals surface area contributed by atoms with Gasteiger partial charge in [-0.25, -0.2) is 14.8 Å². The number of rotatable bonds is 5. The van der Waals surface area contributed by atoms with Crippen LogP contribution < -0.4 is 5.32 Å². The molecule has 2 rings (SSSR count). The van der Waals surface area contributed by atoms with Gasteiger partial charge in [-0.05, 0) is 31.7 Å². The van der Waals surface area contributed by atoms with E-state index < -0.39 is 12.0 Å². The minimum atomic E-state index is -0.852. The van der Waals surface area contributed by atoms with Crippen LogP contribution in [0.4, 0.5) is 5.82 Å². The van der Waals surface area contributed by atoms with E-state index in [4.69, 9.17) is 0 Å². The predicted octanol–water partition coefficient (Wildman–Crippen LogP) is 3.22. The lowest BCUT2D eigenvalue weighted by atomic mass is 10.0. The summed E-state index contributed by atoms with van der Waals surface area (Å²) in [6.07, 6.45) is 2.04. The molecule has 2 heterocycles. The smallest absolute Gasteiger partial charge is 0.326 e. The number of carboxylic acid groups (broad SMARTS) is 1. The summed E-state index contributed by atoms with van der Waals surface area (Å²) in [5.74, 6) is 0.0613. The summed E-state index contributed by atoms with van der Waals surface area (Å²) in [6.45, 7) is 8.07. The molecule has 0 fully saturated rings. The van der Waals surface area contributed by atoms with E-state index in [1.165, 1.54) is 11.2 Å². The lowest BCUT2D eigenvalue weighted by Crippen LogP contribution is -2.31. The van der Waals surface area contributed by atoms with Crippen LogP contribution in [0.1, 0.15) is 30.7 Å². The molecule has 2 aromatic rings. The quantitative estimate of drug-likeness (QED) is 0.885. The molecule has 2 aromatic heterocycles. The average Bonchev–Trinajstić information content (AvgIpc) is 2.64. The number of aryl methyl sites for hydroxylation is 2. The molecule has 0 saturated heterocycles. The fourth-order valence-corrected chi connectivity index (χ4v) is 3.15. The van der Waals surface area contributed by atoms with Gasteiger partial charge >= 0.3 is 5.97 Å². The van der Waals surface area contributed by atoms with Crippen LogP contribution in [-0.4, -0.2) is 27.1 Å². The average molecular weight is 293 g/mol. The van der Waals surface area contributed by atoms with Crippen molar-refractivity contribution in [3.8, 4) is 0 Å². The molecule has 20 heavy (non-hydrogen) atoms. The van der Waals surface area contributed by atoms with Crippen LogP contribution in [0.5, 0.6) is 0 Å². The van der Waals surface area contributed by atoms with Crippen molar-refractivity contribution >= 4 is 33.3 Å². The minimum absolute atomic E-state index is 0.297. The number of aromatic nitrogens is 2. The van der Waals surface area contributed by atoms with Crippen molar-refractivity contribution in [2.75, 3.05) is 5.32 Å². The third-order valence-corrected chi connectivity index (χ3v) is 4.40.